The van der Waals surface area contributed by atoms with E-state index < -0.39 is 10.2 Å². The fourth-order valence-electron chi connectivity index (χ4n) is 2.04. The molecule has 0 fully saturated rings. The van der Waals surface area contributed by atoms with E-state index in [9.17, 15) is 8.42 Å². The van der Waals surface area contributed by atoms with Crippen LogP contribution in [0.1, 0.15) is 25.0 Å². The summed E-state index contributed by atoms with van der Waals surface area (Å²) in [5.41, 5.74) is 2.37. The van der Waals surface area contributed by atoms with Crippen LogP contribution in [0.25, 0.3) is 0 Å². The average molecular weight is 268 g/mol. The Morgan fingerprint density at radius 1 is 1.28 bits per heavy atom. The number of nitrogens with one attached hydrogen (secondary N) is 1. The van der Waals surface area contributed by atoms with Crippen molar-refractivity contribution in [3.05, 3.63) is 35.4 Å². The molecule has 1 aliphatic heterocycles. The van der Waals surface area contributed by atoms with E-state index >= 15 is 0 Å². The molecule has 0 unspecified atom stereocenters. The maximum Gasteiger partial charge on any atom is 0.279 e. The fraction of sp³-hybridized carbons (Fsp3) is 0.538. The van der Waals surface area contributed by atoms with Gasteiger partial charge in [0.2, 0.25) is 0 Å². The van der Waals surface area contributed by atoms with Gasteiger partial charge in [0.1, 0.15) is 0 Å². The molecule has 1 aromatic carbocycles. The summed E-state index contributed by atoms with van der Waals surface area (Å²) in [6, 6.07) is 8.02. The minimum absolute atomic E-state index is 0.317. The van der Waals surface area contributed by atoms with E-state index in [2.05, 4.69) is 10.8 Å². The van der Waals surface area contributed by atoms with E-state index in [-0.39, 0.29) is 0 Å². The van der Waals surface area contributed by atoms with Crippen LogP contribution in [0.3, 0.4) is 0 Å². The van der Waals surface area contributed by atoms with Gasteiger partial charge in [0, 0.05) is 19.6 Å². The lowest BCUT2D eigenvalue weighted by molar-refractivity contribution is 0.381. The van der Waals surface area contributed by atoms with Crippen molar-refractivity contribution in [1.82, 2.24) is 9.03 Å². The first-order chi connectivity index (χ1) is 8.49. The van der Waals surface area contributed by atoms with E-state index in [1.165, 1.54) is 9.87 Å². The summed E-state index contributed by atoms with van der Waals surface area (Å²) in [6.07, 6.45) is 0.790. The maximum absolute atomic E-state index is 12.1. The van der Waals surface area contributed by atoms with Crippen LogP contribution in [0.4, 0.5) is 0 Å². The summed E-state index contributed by atoms with van der Waals surface area (Å²) >= 11 is 0. The van der Waals surface area contributed by atoms with Crippen molar-refractivity contribution in [3.8, 4) is 0 Å². The van der Waals surface area contributed by atoms with Crippen LogP contribution >= 0.6 is 0 Å². The van der Waals surface area contributed by atoms with Gasteiger partial charge in [-0.25, -0.2) is 4.72 Å². The summed E-state index contributed by atoms with van der Waals surface area (Å²) in [4.78, 5) is 0. The maximum atomic E-state index is 12.1. The normalized spacial score (nSPS) is 16.8. The molecule has 1 heterocycles. The first kappa shape index (κ1) is 13.5. The minimum atomic E-state index is -3.34. The Labute approximate surface area is 109 Å². The largest absolute Gasteiger partial charge is 0.279 e. The van der Waals surface area contributed by atoms with Crippen LogP contribution in [0.2, 0.25) is 0 Å². The minimum Gasteiger partial charge on any atom is -0.202 e. The number of nitrogens with zero attached hydrogens (tertiary/aromatic N) is 1. The molecule has 0 atom stereocenters. The molecule has 5 heteroatoms. The highest BCUT2D eigenvalue weighted by molar-refractivity contribution is 7.87. The van der Waals surface area contributed by atoms with Gasteiger partial charge in [-0.15, -0.1) is 0 Å². The Morgan fingerprint density at radius 2 is 1.94 bits per heavy atom. The van der Waals surface area contributed by atoms with Gasteiger partial charge in [0.05, 0.1) is 0 Å². The van der Waals surface area contributed by atoms with Gasteiger partial charge in [-0.05, 0) is 23.5 Å². The van der Waals surface area contributed by atoms with Gasteiger partial charge in [-0.2, -0.15) is 12.7 Å². The standard InChI is InChI=1S/C13H20N2O2S/c1-11(2)9-14-18(16,17)15-8-7-12-5-3-4-6-13(12)10-15/h3-6,11,14H,7-10H2,1-2H3. The lowest BCUT2D eigenvalue weighted by Crippen LogP contribution is -2.44. The first-order valence-corrected chi connectivity index (χ1v) is 7.74. The zero-order chi connectivity index (χ0) is 13.2. The molecule has 2 rings (SSSR count). The third-order valence-electron chi connectivity index (χ3n) is 3.11. The second-order valence-corrected chi connectivity index (χ2v) is 6.85. The van der Waals surface area contributed by atoms with Crippen molar-refractivity contribution in [1.29, 1.82) is 0 Å². The Balaban J connectivity index is 2.08. The number of hydrogen-bond donors (Lipinski definition) is 1. The van der Waals surface area contributed by atoms with Crippen molar-refractivity contribution >= 4 is 10.2 Å². The van der Waals surface area contributed by atoms with Gasteiger partial charge in [-0.3, -0.25) is 0 Å². The molecule has 1 aliphatic rings. The third kappa shape index (κ3) is 3.10. The summed E-state index contributed by atoms with van der Waals surface area (Å²) in [6.45, 7) is 5.51. The monoisotopic (exact) mass is 268 g/mol. The zero-order valence-corrected chi connectivity index (χ0v) is 11.7. The molecule has 0 saturated heterocycles. The Bertz CT molecular complexity index is 511. The van der Waals surface area contributed by atoms with E-state index in [1.807, 2.05) is 32.0 Å². The quantitative estimate of drug-likeness (QED) is 0.900. The summed E-state index contributed by atoms with van der Waals surface area (Å²) in [5.74, 6) is 0.317. The molecule has 4 nitrogen and oxygen atoms in total. The molecule has 0 bridgehead atoms. The molecule has 0 amide bonds. The fourth-order valence-corrected chi connectivity index (χ4v) is 3.41. The van der Waals surface area contributed by atoms with Crippen molar-refractivity contribution in [2.45, 2.75) is 26.8 Å². The molecule has 0 spiro atoms. The van der Waals surface area contributed by atoms with Crippen molar-refractivity contribution < 1.29 is 8.42 Å². The molecule has 1 aromatic rings. The predicted octanol–water partition coefficient (Wildman–Crippen LogP) is 1.54. The number of fused-ring (bicyclic) bond motifs is 1. The highest BCUT2D eigenvalue weighted by Gasteiger charge is 2.26. The van der Waals surface area contributed by atoms with Crippen LogP contribution in [-0.4, -0.2) is 25.8 Å². The predicted molar refractivity (Wildman–Crippen MR) is 72.3 cm³/mol. The number of hydrogen-bond acceptors (Lipinski definition) is 2. The van der Waals surface area contributed by atoms with Crippen LogP contribution in [-0.2, 0) is 23.2 Å². The van der Waals surface area contributed by atoms with E-state index in [0.29, 0.717) is 25.6 Å². The lowest BCUT2D eigenvalue weighted by Gasteiger charge is -2.28. The number of benzene rings is 1. The second kappa shape index (κ2) is 5.38. The zero-order valence-electron chi connectivity index (χ0n) is 10.9. The van der Waals surface area contributed by atoms with Gasteiger partial charge < -0.3 is 0 Å². The number of rotatable bonds is 4. The SMILES string of the molecule is CC(C)CNS(=O)(=O)N1CCc2ccccc2C1. The van der Waals surface area contributed by atoms with Crippen LogP contribution in [0, 0.1) is 5.92 Å². The molecular weight excluding hydrogens is 248 g/mol. The summed E-state index contributed by atoms with van der Waals surface area (Å²) in [7, 11) is -3.34. The molecule has 18 heavy (non-hydrogen) atoms. The van der Waals surface area contributed by atoms with Crippen molar-refractivity contribution in [2.75, 3.05) is 13.1 Å². The summed E-state index contributed by atoms with van der Waals surface area (Å²) < 4.78 is 28.4. The molecular formula is C13H20N2O2S. The van der Waals surface area contributed by atoms with E-state index in [4.69, 9.17) is 0 Å². The van der Waals surface area contributed by atoms with Crippen molar-refractivity contribution in [3.63, 3.8) is 0 Å². The van der Waals surface area contributed by atoms with E-state index in [0.717, 1.165) is 12.0 Å². The van der Waals surface area contributed by atoms with Gasteiger partial charge in [0.25, 0.3) is 10.2 Å². The Hall–Kier alpha value is -0.910. The van der Waals surface area contributed by atoms with Crippen LogP contribution < -0.4 is 4.72 Å². The first-order valence-electron chi connectivity index (χ1n) is 6.30. The van der Waals surface area contributed by atoms with Gasteiger partial charge >= 0.3 is 0 Å². The summed E-state index contributed by atoms with van der Waals surface area (Å²) in [5, 5.41) is 0. The Morgan fingerprint density at radius 3 is 2.61 bits per heavy atom. The second-order valence-electron chi connectivity index (χ2n) is 5.10. The van der Waals surface area contributed by atoms with E-state index in [1.54, 1.807) is 0 Å². The molecule has 0 aliphatic carbocycles. The Kier molecular flexibility index (Phi) is 4.04. The highest BCUT2D eigenvalue weighted by Crippen LogP contribution is 2.20. The van der Waals surface area contributed by atoms with Crippen molar-refractivity contribution in [2.24, 2.45) is 5.92 Å². The van der Waals surface area contributed by atoms with Crippen LogP contribution in [0.5, 0.6) is 0 Å². The molecule has 0 radical (unpaired) electrons. The topological polar surface area (TPSA) is 49.4 Å². The van der Waals surface area contributed by atoms with Gasteiger partial charge in [0.15, 0.2) is 0 Å². The molecule has 100 valence electrons. The molecule has 0 saturated carbocycles. The van der Waals surface area contributed by atoms with Gasteiger partial charge in [-0.1, -0.05) is 38.1 Å². The third-order valence-corrected chi connectivity index (χ3v) is 4.63. The lowest BCUT2D eigenvalue weighted by atomic mass is 10.0. The average Bonchev–Trinajstić information content (AvgIpc) is 2.36. The molecule has 1 N–H and O–H groups in total. The van der Waals surface area contributed by atoms with Crippen LogP contribution in [0.15, 0.2) is 24.3 Å². The molecule has 0 aromatic heterocycles. The highest BCUT2D eigenvalue weighted by atomic mass is 32.2. The smallest absolute Gasteiger partial charge is 0.202 e.